The zero-order chi connectivity index (χ0) is 44.6. The van der Waals surface area contributed by atoms with Crippen LogP contribution < -0.4 is 5.32 Å². The number of rotatable bonds is 15. The largest absolute Gasteiger partial charge is 0.460 e. The third-order valence-corrected chi connectivity index (χ3v) is 9.16. The molecule has 0 bridgehead atoms. The summed E-state index contributed by atoms with van der Waals surface area (Å²) in [6, 6.07) is 58.1. The molecule has 0 aliphatic carbocycles. The maximum atomic E-state index is 12.9. The van der Waals surface area contributed by atoms with Crippen molar-refractivity contribution in [2.45, 2.75) is 25.0 Å². The first-order valence-corrected chi connectivity index (χ1v) is 19.7. The first kappa shape index (κ1) is 47.0. The van der Waals surface area contributed by atoms with Crippen LogP contribution in [0.2, 0.25) is 0 Å². The van der Waals surface area contributed by atoms with Gasteiger partial charge in [-0.1, -0.05) is 195 Å². The van der Waals surface area contributed by atoms with Crippen LogP contribution in [0, 0.1) is 0 Å². The molecule has 0 saturated heterocycles. The van der Waals surface area contributed by atoms with E-state index < -0.39 is 29.2 Å². The molecule has 0 aliphatic rings. The molecule has 0 unspecified atom stereocenters. The summed E-state index contributed by atoms with van der Waals surface area (Å²) >= 11 is 0. The van der Waals surface area contributed by atoms with E-state index in [2.05, 4.69) is 28.2 Å². The second-order valence-corrected chi connectivity index (χ2v) is 13.7. The van der Waals surface area contributed by atoms with E-state index in [4.69, 9.17) is 9.47 Å². The summed E-state index contributed by atoms with van der Waals surface area (Å²) < 4.78 is 15.8. The Kier molecular flexibility index (Phi) is 18.5. The van der Waals surface area contributed by atoms with Crippen molar-refractivity contribution in [3.63, 3.8) is 0 Å². The molecule has 0 heterocycles. The van der Waals surface area contributed by atoms with Crippen LogP contribution in [0.1, 0.15) is 47.2 Å². The maximum Gasteiger partial charge on any atom is 0.408 e. The summed E-state index contributed by atoms with van der Waals surface area (Å²) in [6.45, 7) is 10.4. The number of amides is 1. The van der Waals surface area contributed by atoms with Crippen molar-refractivity contribution in [2.24, 2.45) is 4.99 Å². The van der Waals surface area contributed by atoms with Crippen molar-refractivity contribution in [1.82, 2.24) is 5.32 Å². The fourth-order valence-electron chi connectivity index (χ4n) is 6.18. The Labute approximate surface area is 362 Å². The number of esters is 2. The molecular formula is C52H50N2O8. The van der Waals surface area contributed by atoms with Crippen LogP contribution in [0.5, 0.6) is 0 Å². The predicted molar refractivity (Wildman–Crippen MR) is 240 cm³/mol. The molecule has 6 aromatic carbocycles. The molecule has 1 amide bonds. The van der Waals surface area contributed by atoms with Crippen molar-refractivity contribution in [2.75, 3.05) is 26.3 Å². The minimum absolute atomic E-state index is 0.0236. The highest BCUT2D eigenvalue weighted by molar-refractivity contribution is 5.87. The van der Waals surface area contributed by atoms with Gasteiger partial charge in [0.25, 0.3) is 0 Å². The van der Waals surface area contributed by atoms with E-state index in [9.17, 15) is 24.3 Å². The van der Waals surface area contributed by atoms with Gasteiger partial charge in [0.2, 0.25) is 6.08 Å². The third-order valence-electron chi connectivity index (χ3n) is 9.16. The van der Waals surface area contributed by atoms with E-state index in [0.717, 1.165) is 33.4 Å². The second kappa shape index (κ2) is 24.4. The van der Waals surface area contributed by atoms with E-state index in [1.807, 2.05) is 182 Å². The van der Waals surface area contributed by atoms with Crippen molar-refractivity contribution < 1.29 is 38.5 Å². The number of nitrogens with one attached hydrogen (secondary N) is 1. The minimum Gasteiger partial charge on any atom is -0.460 e. The molecule has 6 rings (SSSR count). The second-order valence-electron chi connectivity index (χ2n) is 13.7. The summed E-state index contributed by atoms with van der Waals surface area (Å²) in [6.07, 6.45) is 0.710. The van der Waals surface area contributed by atoms with Gasteiger partial charge in [-0.25, -0.2) is 24.2 Å². The van der Waals surface area contributed by atoms with Crippen LogP contribution in [-0.2, 0) is 39.8 Å². The third kappa shape index (κ3) is 13.2. The molecule has 6 aromatic rings. The molecular weight excluding hydrogens is 781 g/mol. The Morgan fingerprint density at radius 3 is 1.16 bits per heavy atom. The molecule has 0 aromatic heterocycles. The Bertz CT molecular complexity index is 2180. The van der Waals surface area contributed by atoms with Gasteiger partial charge >= 0.3 is 18.0 Å². The fourth-order valence-corrected chi connectivity index (χ4v) is 6.18. The SMILES string of the molecule is C=C(C)C(=O)OCCN=C=O.C=C(C)C(=O)OCCNC(=O)OC(c1ccccc1)(c1ccccc1)c1ccccc1.OC(c1ccccc1)(c1ccccc1)c1ccccc1. The summed E-state index contributed by atoms with van der Waals surface area (Å²) in [5, 5.41) is 14.1. The average molecular weight is 831 g/mol. The number of aliphatic hydroxyl groups is 1. The number of ether oxygens (including phenoxy) is 3. The number of hydrogen-bond donors (Lipinski definition) is 2. The Morgan fingerprint density at radius 1 is 0.548 bits per heavy atom. The number of carbonyl (C=O) groups excluding carboxylic acids is 4. The molecule has 0 atom stereocenters. The summed E-state index contributed by atoms with van der Waals surface area (Å²) in [7, 11) is 0. The van der Waals surface area contributed by atoms with Gasteiger partial charge in [-0.05, 0) is 30.5 Å². The smallest absolute Gasteiger partial charge is 0.408 e. The first-order chi connectivity index (χ1) is 30.0. The van der Waals surface area contributed by atoms with E-state index >= 15 is 0 Å². The molecule has 10 heteroatoms. The molecule has 0 spiro atoms. The van der Waals surface area contributed by atoms with Crippen molar-refractivity contribution in [1.29, 1.82) is 0 Å². The Hall–Kier alpha value is -7.65. The molecule has 0 aliphatic heterocycles. The monoisotopic (exact) mass is 830 g/mol. The van der Waals surface area contributed by atoms with Crippen molar-refractivity contribution in [3.8, 4) is 0 Å². The van der Waals surface area contributed by atoms with E-state index in [1.54, 1.807) is 13.8 Å². The molecule has 0 radical (unpaired) electrons. The maximum absolute atomic E-state index is 12.9. The van der Waals surface area contributed by atoms with Crippen LogP contribution >= 0.6 is 0 Å². The van der Waals surface area contributed by atoms with Gasteiger partial charge in [0.05, 0.1) is 13.1 Å². The number of aliphatic imine (C=N–C) groups is 1. The van der Waals surface area contributed by atoms with E-state index in [0.29, 0.717) is 11.1 Å². The number of nitrogens with zero attached hydrogens (tertiary/aromatic N) is 1. The van der Waals surface area contributed by atoms with Gasteiger partial charge in [0.15, 0.2) is 5.60 Å². The zero-order valence-corrected chi connectivity index (χ0v) is 34.8. The van der Waals surface area contributed by atoms with Crippen LogP contribution in [0.15, 0.2) is 211 Å². The molecule has 10 nitrogen and oxygen atoms in total. The van der Waals surface area contributed by atoms with Gasteiger partial charge in [-0.3, -0.25) is 0 Å². The number of benzene rings is 6. The quantitative estimate of drug-likeness (QED) is 0.0199. The highest BCUT2D eigenvalue weighted by Crippen LogP contribution is 2.40. The lowest BCUT2D eigenvalue weighted by atomic mass is 9.80. The number of carbonyl (C=O) groups is 3. The van der Waals surface area contributed by atoms with Gasteiger partial charge in [-0.2, -0.15) is 0 Å². The van der Waals surface area contributed by atoms with E-state index in [-0.39, 0.29) is 26.3 Å². The van der Waals surface area contributed by atoms with Gasteiger partial charge < -0.3 is 24.6 Å². The van der Waals surface area contributed by atoms with Crippen LogP contribution in [0.25, 0.3) is 0 Å². The molecule has 0 fully saturated rings. The number of alkyl carbamates (subject to hydrolysis) is 1. The van der Waals surface area contributed by atoms with Gasteiger partial charge in [0, 0.05) is 27.8 Å². The highest BCUT2D eigenvalue weighted by atomic mass is 16.6. The van der Waals surface area contributed by atoms with Gasteiger partial charge in [0.1, 0.15) is 18.8 Å². The molecule has 62 heavy (non-hydrogen) atoms. The van der Waals surface area contributed by atoms with Crippen molar-refractivity contribution in [3.05, 3.63) is 240 Å². The number of isocyanates is 1. The highest BCUT2D eigenvalue weighted by Gasteiger charge is 2.40. The normalized spacial score (nSPS) is 10.4. The lowest BCUT2D eigenvalue weighted by Crippen LogP contribution is -2.40. The van der Waals surface area contributed by atoms with Gasteiger partial charge in [-0.15, -0.1) is 0 Å². The van der Waals surface area contributed by atoms with Crippen molar-refractivity contribution >= 4 is 24.1 Å². The lowest BCUT2D eigenvalue weighted by molar-refractivity contribution is -0.139. The topological polar surface area (TPSA) is 141 Å². The predicted octanol–water partition coefficient (Wildman–Crippen LogP) is 9.24. The van der Waals surface area contributed by atoms with E-state index in [1.165, 1.54) is 6.08 Å². The first-order valence-electron chi connectivity index (χ1n) is 19.7. The Morgan fingerprint density at radius 2 is 0.855 bits per heavy atom. The van der Waals surface area contributed by atoms with Crippen LogP contribution in [0.4, 0.5) is 4.79 Å². The summed E-state index contributed by atoms with van der Waals surface area (Å²) in [4.78, 5) is 47.7. The molecule has 316 valence electrons. The fraction of sp³-hybridized carbons (Fsp3) is 0.154. The van der Waals surface area contributed by atoms with Crippen LogP contribution in [-0.4, -0.2) is 55.5 Å². The van der Waals surface area contributed by atoms with Crippen LogP contribution in [0.3, 0.4) is 0 Å². The Balaban J connectivity index is 0.000000232. The standard InChI is InChI=1S/C26H25NO4.C19H16O.C7H9NO3/c1-20(2)24(28)30-19-18-27-25(29)31-26(21-12-6-3-7-13-21,22-14-8-4-9-15-22)23-16-10-5-11-17-23;20-19(16-10-4-1-5-11-16,17-12-6-2-7-13-17)18-14-8-3-9-15-18;1-6(2)7(10)11-4-3-8-5-9/h3-17H,1,18-19H2,2H3,(H,27,29);1-15,20H;1,3-4H2,2H3. The average Bonchev–Trinajstić information content (AvgIpc) is 3.32. The summed E-state index contributed by atoms with van der Waals surface area (Å²) in [5.74, 6) is -0.964. The molecule has 0 saturated carbocycles. The number of hydrogen-bond acceptors (Lipinski definition) is 9. The lowest BCUT2D eigenvalue weighted by Gasteiger charge is -2.35. The summed E-state index contributed by atoms with van der Waals surface area (Å²) in [5.41, 5.74) is 3.43. The zero-order valence-electron chi connectivity index (χ0n) is 34.8. The molecule has 2 N–H and O–H groups in total. The minimum atomic E-state index is -1.15.